The number of quaternary nitrogens is 1. The summed E-state index contributed by atoms with van der Waals surface area (Å²) in [4.78, 5) is 5.13. The third-order valence-corrected chi connectivity index (χ3v) is 2.82. The molecule has 1 aliphatic heterocycles. The molecule has 1 N–H and O–H groups in total. The van der Waals surface area contributed by atoms with E-state index in [1.54, 1.807) is 0 Å². The van der Waals surface area contributed by atoms with Gasteiger partial charge < -0.3 is 5.21 Å². The summed E-state index contributed by atoms with van der Waals surface area (Å²) in [6.45, 7) is 0. The molecule has 1 fully saturated rings. The fourth-order valence-electron chi connectivity index (χ4n) is 2.40. The Morgan fingerprint density at radius 2 is 2.40 bits per heavy atom. The van der Waals surface area contributed by atoms with Gasteiger partial charge in [0.15, 0.2) is 0 Å². The second-order valence-electron chi connectivity index (χ2n) is 3.41. The molecule has 2 bridgehead atoms. The SMILES string of the molecule is [O-][NH+]1OC2CC3CC2=C1C3. The zero-order valence-corrected chi connectivity index (χ0v) is 5.59. The van der Waals surface area contributed by atoms with Crippen LogP contribution in [0.25, 0.3) is 0 Å². The number of rotatable bonds is 0. The van der Waals surface area contributed by atoms with E-state index < -0.39 is 0 Å². The Morgan fingerprint density at radius 3 is 3.00 bits per heavy atom. The third kappa shape index (κ3) is 0.438. The van der Waals surface area contributed by atoms with Gasteiger partial charge in [-0.15, -0.1) is 0 Å². The maximum Gasteiger partial charge on any atom is 0.145 e. The highest BCUT2D eigenvalue weighted by Gasteiger charge is 2.48. The van der Waals surface area contributed by atoms with E-state index in [0.29, 0.717) is 0 Å². The van der Waals surface area contributed by atoms with E-state index in [9.17, 15) is 5.21 Å². The number of hydrogen-bond acceptors (Lipinski definition) is 2. The van der Waals surface area contributed by atoms with E-state index in [1.807, 2.05) is 0 Å². The molecule has 2 aliphatic carbocycles. The van der Waals surface area contributed by atoms with E-state index in [1.165, 1.54) is 5.57 Å². The van der Waals surface area contributed by atoms with Gasteiger partial charge in [-0.1, -0.05) is 0 Å². The molecule has 54 valence electrons. The molecule has 3 nitrogen and oxygen atoms in total. The lowest BCUT2D eigenvalue weighted by molar-refractivity contribution is -1.02. The largest absolute Gasteiger partial charge is 0.595 e. The Kier molecular flexibility index (Phi) is 0.764. The van der Waals surface area contributed by atoms with Crippen LogP contribution in [0.1, 0.15) is 19.3 Å². The van der Waals surface area contributed by atoms with Crippen LogP contribution in [0.5, 0.6) is 0 Å². The number of allylic oxidation sites excluding steroid dienone is 1. The van der Waals surface area contributed by atoms with E-state index in [4.69, 9.17) is 4.84 Å². The van der Waals surface area contributed by atoms with Crippen LogP contribution in [0.15, 0.2) is 11.3 Å². The first-order chi connectivity index (χ1) is 4.84. The quantitative estimate of drug-likeness (QED) is 0.470. The van der Waals surface area contributed by atoms with Crippen molar-refractivity contribution in [1.82, 2.24) is 0 Å². The molecule has 10 heavy (non-hydrogen) atoms. The number of hydrogen-bond donors (Lipinski definition) is 1. The minimum absolute atomic E-state index is 0.0278. The highest BCUT2D eigenvalue weighted by Crippen LogP contribution is 2.45. The highest BCUT2D eigenvalue weighted by molar-refractivity contribution is 5.27. The predicted octanol–water partition coefficient (Wildman–Crippen LogP) is -0.249. The normalized spacial score (nSPS) is 49.5. The number of nitrogens with one attached hydrogen (secondary N) is 1. The predicted molar refractivity (Wildman–Crippen MR) is 33.6 cm³/mol. The fourth-order valence-corrected chi connectivity index (χ4v) is 2.40. The molecule has 3 heteroatoms. The van der Waals surface area contributed by atoms with Crippen molar-refractivity contribution >= 4 is 0 Å². The molecule has 1 heterocycles. The lowest BCUT2D eigenvalue weighted by Crippen LogP contribution is -3.02. The van der Waals surface area contributed by atoms with Crippen LogP contribution in [-0.4, -0.2) is 6.10 Å². The molecule has 3 atom stereocenters. The summed E-state index contributed by atoms with van der Waals surface area (Å²) in [5, 5.41) is 11.0. The standard InChI is InChI=1S/C7H9NO2/c9-8-6-2-4-1-5(6)7(3-4)10-8/h4,7-8H,1-3H2. The lowest BCUT2D eigenvalue weighted by atomic mass is 10.0. The van der Waals surface area contributed by atoms with E-state index in [0.717, 1.165) is 30.9 Å². The van der Waals surface area contributed by atoms with Crippen molar-refractivity contribution in [2.24, 2.45) is 5.92 Å². The Morgan fingerprint density at radius 1 is 1.50 bits per heavy atom. The van der Waals surface area contributed by atoms with Crippen molar-refractivity contribution in [3.05, 3.63) is 16.5 Å². The smallest absolute Gasteiger partial charge is 0.145 e. The van der Waals surface area contributed by atoms with Crippen LogP contribution in [0, 0.1) is 11.1 Å². The van der Waals surface area contributed by atoms with Crippen LogP contribution in [0.2, 0.25) is 0 Å². The minimum atomic E-state index is -0.0278. The van der Waals surface area contributed by atoms with Crippen molar-refractivity contribution in [2.45, 2.75) is 25.4 Å². The van der Waals surface area contributed by atoms with Gasteiger partial charge in [0, 0.05) is 12.0 Å². The van der Waals surface area contributed by atoms with Gasteiger partial charge in [-0.3, -0.25) is 0 Å². The molecule has 0 aromatic rings. The molecule has 0 aromatic carbocycles. The molecule has 3 rings (SSSR count). The highest BCUT2D eigenvalue weighted by atomic mass is 16.9. The van der Waals surface area contributed by atoms with Crippen LogP contribution in [0.4, 0.5) is 0 Å². The maximum absolute atomic E-state index is 11.0. The van der Waals surface area contributed by atoms with Gasteiger partial charge in [0.25, 0.3) is 0 Å². The Labute approximate surface area is 58.8 Å². The summed E-state index contributed by atoms with van der Waals surface area (Å²) in [5.41, 5.74) is 2.34. The van der Waals surface area contributed by atoms with Crippen LogP contribution in [0.3, 0.4) is 0 Å². The summed E-state index contributed by atoms with van der Waals surface area (Å²) in [7, 11) is 0. The van der Waals surface area contributed by atoms with Crippen LogP contribution >= 0.6 is 0 Å². The van der Waals surface area contributed by atoms with Crippen LogP contribution in [-0.2, 0) is 4.84 Å². The molecular weight excluding hydrogens is 130 g/mol. The molecule has 0 spiro atoms. The van der Waals surface area contributed by atoms with Crippen molar-refractivity contribution < 1.29 is 10.1 Å². The van der Waals surface area contributed by atoms with E-state index in [2.05, 4.69) is 0 Å². The second kappa shape index (κ2) is 1.44. The average Bonchev–Trinajstić information content (AvgIpc) is 2.44. The van der Waals surface area contributed by atoms with Gasteiger partial charge in [0.2, 0.25) is 0 Å². The molecule has 3 aliphatic rings. The summed E-state index contributed by atoms with van der Waals surface area (Å²) >= 11 is 0. The maximum atomic E-state index is 11.0. The minimum Gasteiger partial charge on any atom is -0.595 e. The first-order valence-electron chi connectivity index (χ1n) is 3.77. The van der Waals surface area contributed by atoms with Crippen molar-refractivity contribution in [2.75, 3.05) is 0 Å². The van der Waals surface area contributed by atoms with Gasteiger partial charge in [-0.05, 0) is 18.8 Å². The molecule has 0 saturated heterocycles. The first kappa shape index (κ1) is 5.29. The molecule has 3 unspecified atom stereocenters. The Bertz CT molecular complexity index is 224. The monoisotopic (exact) mass is 139 g/mol. The molecule has 0 amide bonds. The number of hydroxylamine groups is 2. The lowest BCUT2D eigenvalue weighted by Gasteiger charge is -2.13. The second-order valence-corrected chi connectivity index (χ2v) is 3.41. The van der Waals surface area contributed by atoms with E-state index >= 15 is 0 Å². The summed E-state index contributed by atoms with van der Waals surface area (Å²) in [6, 6.07) is 0. The molecule has 0 radical (unpaired) electrons. The Balaban J connectivity index is 2.12. The van der Waals surface area contributed by atoms with Gasteiger partial charge in [-0.2, -0.15) is 10.1 Å². The van der Waals surface area contributed by atoms with Gasteiger partial charge >= 0.3 is 0 Å². The first-order valence-corrected chi connectivity index (χ1v) is 3.77. The van der Waals surface area contributed by atoms with E-state index in [-0.39, 0.29) is 11.3 Å². The van der Waals surface area contributed by atoms with Crippen molar-refractivity contribution in [1.29, 1.82) is 0 Å². The Hall–Kier alpha value is -0.380. The van der Waals surface area contributed by atoms with Crippen molar-refractivity contribution in [3.63, 3.8) is 0 Å². The molecule has 0 aromatic heterocycles. The fraction of sp³-hybridized carbons (Fsp3) is 0.714. The summed E-state index contributed by atoms with van der Waals surface area (Å²) in [6.07, 6.45) is 3.46. The van der Waals surface area contributed by atoms with Gasteiger partial charge in [-0.25, -0.2) is 0 Å². The summed E-state index contributed by atoms with van der Waals surface area (Å²) < 4.78 is 0. The zero-order valence-electron chi connectivity index (χ0n) is 5.59. The molecule has 1 saturated carbocycles. The molecular formula is C7H9NO2. The topological polar surface area (TPSA) is 36.7 Å². The summed E-state index contributed by atoms with van der Waals surface area (Å²) in [5.74, 6) is 0.751. The van der Waals surface area contributed by atoms with Crippen LogP contribution < -0.4 is 5.23 Å². The zero-order chi connectivity index (χ0) is 6.72. The average molecular weight is 139 g/mol. The van der Waals surface area contributed by atoms with Crippen molar-refractivity contribution in [3.8, 4) is 0 Å². The number of fused-ring (bicyclic) bond motifs is 1. The third-order valence-electron chi connectivity index (χ3n) is 2.82. The van der Waals surface area contributed by atoms with Gasteiger partial charge in [0.1, 0.15) is 11.8 Å². The van der Waals surface area contributed by atoms with Gasteiger partial charge in [0.05, 0.1) is 0 Å².